The van der Waals surface area contributed by atoms with Crippen molar-refractivity contribution in [2.45, 2.75) is 32.1 Å². The molecule has 0 heterocycles. The number of hydrogen-bond acceptors (Lipinski definition) is 1. The highest BCUT2D eigenvalue weighted by Crippen LogP contribution is 2.27. The quantitative estimate of drug-likeness (QED) is 0.491. The fourth-order valence-electron chi connectivity index (χ4n) is 1.83. The summed E-state index contributed by atoms with van der Waals surface area (Å²) < 4.78 is 0. The van der Waals surface area contributed by atoms with Gasteiger partial charge in [-0.25, -0.2) is 0 Å². The van der Waals surface area contributed by atoms with Crippen molar-refractivity contribution in [2.24, 2.45) is 33.1 Å². The number of guanidine groups is 2. The number of hydrogen-bond donors (Lipinski definition) is 3. The van der Waals surface area contributed by atoms with Gasteiger partial charge in [0.25, 0.3) is 0 Å². The van der Waals surface area contributed by atoms with Gasteiger partial charge in [0.05, 0.1) is 0 Å². The Morgan fingerprint density at radius 1 is 1.13 bits per heavy atom. The van der Waals surface area contributed by atoms with Crippen LogP contribution in [0.15, 0.2) is 9.98 Å². The molecule has 0 saturated heterocycles. The average Bonchev–Trinajstić information content (AvgIpc) is 2.55. The van der Waals surface area contributed by atoms with Gasteiger partial charge in [-0.15, -0.1) is 12.4 Å². The van der Waals surface area contributed by atoms with E-state index in [1.807, 2.05) is 0 Å². The van der Waals surface area contributed by atoms with Gasteiger partial charge in [0.15, 0.2) is 5.96 Å². The van der Waals surface area contributed by atoms with Crippen LogP contribution < -0.4 is 17.2 Å². The first-order valence-electron chi connectivity index (χ1n) is 5.08. The zero-order valence-electron chi connectivity index (χ0n) is 8.85. The maximum atomic E-state index is 5.46. The first kappa shape index (κ1) is 14.0. The first-order chi connectivity index (χ1) is 6.68. The molecule has 0 aliphatic heterocycles. The lowest BCUT2D eigenvalue weighted by Crippen LogP contribution is -2.26. The molecule has 5 nitrogen and oxygen atoms in total. The summed E-state index contributed by atoms with van der Waals surface area (Å²) in [5.74, 6) is 0.973. The van der Waals surface area contributed by atoms with Crippen LogP contribution in [0.1, 0.15) is 32.1 Å². The van der Waals surface area contributed by atoms with Crippen LogP contribution in [0.2, 0.25) is 0 Å². The standard InChI is InChI=1S/C9H19N5.ClH/c10-8(11)14-9(12)13-6-5-7-3-1-2-4-7;/h7H,1-6H2,(H6,10,11,12,13,14);1H. The van der Waals surface area contributed by atoms with Crippen molar-refractivity contribution < 1.29 is 0 Å². The van der Waals surface area contributed by atoms with E-state index in [9.17, 15) is 0 Å². The van der Waals surface area contributed by atoms with Crippen molar-refractivity contribution in [3.63, 3.8) is 0 Å². The lowest BCUT2D eigenvalue weighted by Gasteiger charge is -2.04. The SMILES string of the molecule is Cl.NC(N)=NC(N)=NCCC1CCCC1. The molecule has 0 aromatic carbocycles. The molecule has 0 aromatic heterocycles. The normalized spacial score (nSPS) is 17.2. The summed E-state index contributed by atoms with van der Waals surface area (Å²) in [6, 6.07) is 0. The number of nitrogens with zero attached hydrogens (tertiary/aromatic N) is 2. The number of nitrogens with two attached hydrogens (primary N) is 3. The Kier molecular flexibility index (Phi) is 6.86. The van der Waals surface area contributed by atoms with Gasteiger partial charge in [-0.2, -0.15) is 4.99 Å². The number of aliphatic imine (C=N–C) groups is 2. The second-order valence-corrected chi connectivity index (χ2v) is 3.72. The Balaban J connectivity index is 0.00000196. The molecule has 0 amide bonds. The molecule has 1 rings (SSSR count). The molecule has 88 valence electrons. The van der Waals surface area contributed by atoms with Gasteiger partial charge < -0.3 is 17.2 Å². The number of halogens is 1. The highest BCUT2D eigenvalue weighted by atomic mass is 35.5. The van der Waals surface area contributed by atoms with Gasteiger partial charge >= 0.3 is 0 Å². The van der Waals surface area contributed by atoms with E-state index in [1.165, 1.54) is 25.7 Å². The van der Waals surface area contributed by atoms with Crippen LogP contribution in [0.25, 0.3) is 0 Å². The molecule has 0 spiro atoms. The predicted molar refractivity (Wildman–Crippen MR) is 66.1 cm³/mol. The van der Waals surface area contributed by atoms with Gasteiger partial charge in [-0.1, -0.05) is 25.7 Å². The summed E-state index contributed by atoms with van der Waals surface area (Å²) in [6.07, 6.45) is 6.48. The van der Waals surface area contributed by atoms with Crippen LogP contribution in [0.4, 0.5) is 0 Å². The minimum Gasteiger partial charge on any atom is -0.370 e. The van der Waals surface area contributed by atoms with Gasteiger partial charge in [0, 0.05) is 6.54 Å². The van der Waals surface area contributed by atoms with E-state index in [0.717, 1.165) is 18.9 Å². The molecule has 0 atom stereocenters. The van der Waals surface area contributed by atoms with Gasteiger partial charge in [-0.3, -0.25) is 4.99 Å². The van der Waals surface area contributed by atoms with Crippen molar-refractivity contribution in [1.29, 1.82) is 0 Å². The van der Waals surface area contributed by atoms with Crippen LogP contribution in [0.3, 0.4) is 0 Å². The first-order valence-corrected chi connectivity index (χ1v) is 5.08. The van der Waals surface area contributed by atoms with Gasteiger partial charge in [-0.05, 0) is 12.3 Å². The molecule has 1 fully saturated rings. The van der Waals surface area contributed by atoms with Crippen molar-refractivity contribution in [1.82, 2.24) is 0 Å². The van der Waals surface area contributed by atoms with Crippen LogP contribution in [0.5, 0.6) is 0 Å². The largest absolute Gasteiger partial charge is 0.370 e. The Bertz CT molecular complexity index is 229. The van der Waals surface area contributed by atoms with Crippen LogP contribution >= 0.6 is 12.4 Å². The zero-order chi connectivity index (χ0) is 10.4. The van der Waals surface area contributed by atoms with E-state index >= 15 is 0 Å². The smallest absolute Gasteiger partial charge is 0.218 e. The van der Waals surface area contributed by atoms with Crippen molar-refractivity contribution in [2.75, 3.05) is 6.54 Å². The van der Waals surface area contributed by atoms with E-state index < -0.39 is 0 Å². The van der Waals surface area contributed by atoms with Crippen molar-refractivity contribution in [3.8, 4) is 0 Å². The molecular weight excluding hydrogens is 214 g/mol. The topological polar surface area (TPSA) is 103 Å². The Hall–Kier alpha value is -0.970. The van der Waals surface area contributed by atoms with Gasteiger partial charge in [0.2, 0.25) is 5.96 Å². The molecule has 1 aliphatic rings. The Labute approximate surface area is 96.6 Å². The summed E-state index contributed by atoms with van der Waals surface area (Å²) in [6.45, 7) is 0.729. The molecule has 0 unspecified atom stereocenters. The summed E-state index contributed by atoms with van der Waals surface area (Å²) in [5.41, 5.74) is 15.8. The van der Waals surface area contributed by atoms with Crippen molar-refractivity contribution >= 4 is 24.3 Å². The van der Waals surface area contributed by atoms with E-state index in [-0.39, 0.29) is 24.3 Å². The summed E-state index contributed by atoms with van der Waals surface area (Å²) in [4.78, 5) is 7.72. The summed E-state index contributed by atoms with van der Waals surface area (Å²) in [5, 5.41) is 0. The molecule has 1 aliphatic carbocycles. The van der Waals surface area contributed by atoms with E-state index in [2.05, 4.69) is 9.98 Å². The van der Waals surface area contributed by atoms with Crippen LogP contribution in [-0.2, 0) is 0 Å². The fourth-order valence-corrected chi connectivity index (χ4v) is 1.83. The summed E-state index contributed by atoms with van der Waals surface area (Å²) in [7, 11) is 0. The van der Waals surface area contributed by atoms with E-state index in [1.54, 1.807) is 0 Å². The number of rotatable bonds is 3. The second-order valence-electron chi connectivity index (χ2n) is 3.72. The molecule has 0 radical (unpaired) electrons. The second kappa shape index (κ2) is 7.34. The maximum Gasteiger partial charge on any atom is 0.218 e. The molecule has 6 heteroatoms. The molecule has 0 bridgehead atoms. The molecular formula is C9H20ClN5. The third-order valence-corrected chi connectivity index (χ3v) is 2.53. The maximum absolute atomic E-state index is 5.46. The molecule has 15 heavy (non-hydrogen) atoms. The summed E-state index contributed by atoms with van der Waals surface area (Å²) >= 11 is 0. The third-order valence-electron chi connectivity index (χ3n) is 2.53. The van der Waals surface area contributed by atoms with E-state index in [4.69, 9.17) is 17.2 Å². The molecule has 6 N–H and O–H groups in total. The average molecular weight is 234 g/mol. The minimum absolute atomic E-state index is 0. The van der Waals surface area contributed by atoms with E-state index in [0.29, 0.717) is 0 Å². The fraction of sp³-hybridized carbons (Fsp3) is 0.778. The highest BCUT2D eigenvalue weighted by molar-refractivity contribution is 5.92. The Morgan fingerprint density at radius 2 is 1.73 bits per heavy atom. The van der Waals surface area contributed by atoms with Gasteiger partial charge in [0.1, 0.15) is 0 Å². The predicted octanol–water partition coefficient (Wildman–Crippen LogP) is 0.577. The zero-order valence-corrected chi connectivity index (χ0v) is 9.67. The molecule has 1 saturated carbocycles. The Morgan fingerprint density at radius 3 is 2.27 bits per heavy atom. The van der Waals surface area contributed by atoms with Crippen LogP contribution in [0, 0.1) is 5.92 Å². The van der Waals surface area contributed by atoms with Crippen LogP contribution in [-0.4, -0.2) is 18.5 Å². The highest BCUT2D eigenvalue weighted by Gasteiger charge is 2.13. The lowest BCUT2D eigenvalue weighted by molar-refractivity contribution is 0.512. The minimum atomic E-state index is -0.0351. The lowest BCUT2D eigenvalue weighted by atomic mass is 10.1. The molecule has 0 aromatic rings. The third kappa shape index (κ3) is 6.17. The van der Waals surface area contributed by atoms with Crippen molar-refractivity contribution in [3.05, 3.63) is 0 Å². The monoisotopic (exact) mass is 233 g/mol.